The van der Waals surface area contributed by atoms with Gasteiger partial charge in [0.15, 0.2) is 0 Å². The number of benzene rings is 1. The molecule has 0 radical (unpaired) electrons. The van der Waals surface area contributed by atoms with E-state index < -0.39 is 17.6 Å². The topological polar surface area (TPSA) is 101 Å². The molecule has 0 aliphatic rings. The van der Waals surface area contributed by atoms with E-state index in [2.05, 4.69) is 15.6 Å². The van der Waals surface area contributed by atoms with Crippen molar-refractivity contribution in [3.05, 3.63) is 53.9 Å². The summed E-state index contributed by atoms with van der Waals surface area (Å²) in [6.45, 7) is 5.64. The van der Waals surface area contributed by atoms with Crippen LogP contribution >= 0.6 is 0 Å². The maximum Gasteiger partial charge on any atom is 0.412 e. The van der Waals surface area contributed by atoms with Crippen LogP contribution in [0.1, 0.15) is 36.8 Å². The van der Waals surface area contributed by atoms with Crippen molar-refractivity contribution in [3.63, 3.8) is 0 Å². The van der Waals surface area contributed by atoms with Gasteiger partial charge in [0.05, 0.1) is 5.56 Å². The van der Waals surface area contributed by atoms with Gasteiger partial charge in [-0.2, -0.15) is 0 Å². The Bertz CT molecular complexity index is 770. The second-order valence-corrected chi connectivity index (χ2v) is 6.69. The molecule has 0 saturated carbocycles. The fraction of sp³-hybridized carbons (Fsp3) is 0.316. The molecule has 2 rings (SSSR count). The highest BCUT2D eigenvalue weighted by atomic mass is 16.6. The van der Waals surface area contributed by atoms with E-state index in [0.29, 0.717) is 18.7 Å². The number of carbonyl (C=O) groups excluding carboxylic acids is 2. The number of nitrogens with one attached hydrogen (secondary N) is 2. The van der Waals surface area contributed by atoms with Crippen molar-refractivity contribution in [2.45, 2.75) is 32.8 Å². The minimum Gasteiger partial charge on any atom is -0.507 e. The summed E-state index contributed by atoms with van der Waals surface area (Å²) in [5, 5.41) is 15.2. The smallest absolute Gasteiger partial charge is 0.412 e. The molecule has 0 aliphatic heterocycles. The fourth-order valence-corrected chi connectivity index (χ4v) is 2.16. The number of aromatic hydroxyl groups is 1. The monoisotopic (exact) mass is 357 g/mol. The highest BCUT2D eigenvalue weighted by Gasteiger charge is 2.17. The summed E-state index contributed by atoms with van der Waals surface area (Å²) >= 11 is 0. The molecule has 2 aromatic rings. The molecular formula is C19H23N3O4. The van der Waals surface area contributed by atoms with Crippen LogP contribution in [0.3, 0.4) is 0 Å². The largest absolute Gasteiger partial charge is 0.507 e. The molecule has 0 saturated heterocycles. The van der Waals surface area contributed by atoms with Gasteiger partial charge in [0, 0.05) is 30.5 Å². The molecule has 1 aromatic heterocycles. The van der Waals surface area contributed by atoms with Gasteiger partial charge in [0.2, 0.25) is 0 Å². The molecule has 0 atom stereocenters. The van der Waals surface area contributed by atoms with Gasteiger partial charge >= 0.3 is 6.09 Å². The van der Waals surface area contributed by atoms with Gasteiger partial charge in [-0.05, 0) is 51.1 Å². The number of nitrogens with zero attached hydrogens (tertiary/aromatic N) is 1. The van der Waals surface area contributed by atoms with Crippen molar-refractivity contribution < 1.29 is 19.4 Å². The molecule has 0 aliphatic carbocycles. The molecule has 7 heteroatoms. The van der Waals surface area contributed by atoms with Crippen LogP contribution in [0.4, 0.5) is 10.5 Å². The standard InChI is InChI=1S/C19H23N3O4/c1-19(2,3)26-18(25)22-14-7-8-16(23)15(12-14)17(24)21-11-9-13-6-4-5-10-20-13/h4-8,10,12,23H,9,11H2,1-3H3,(H,21,24)(H,22,25). The fourth-order valence-electron chi connectivity index (χ4n) is 2.16. The summed E-state index contributed by atoms with van der Waals surface area (Å²) in [6, 6.07) is 9.81. The van der Waals surface area contributed by atoms with Crippen LogP contribution < -0.4 is 10.6 Å². The number of hydrogen-bond acceptors (Lipinski definition) is 5. The second kappa shape index (κ2) is 8.33. The number of amides is 2. The lowest BCUT2D eigenvalue weighted by Crippen LogP contribution is -2.28. The Morgan fingerprint density at radius 1 is 1.19 bits per heavy atom. The highest BCUT2D eigenvalue weighted by Crippen LogP contribution is 2.22. The number of carbonyl (C=O) groups is 2. The molecule has 2 amide bonds. The SMILES string of the molecule is CC(C)(C)OC(=O)Nc1ccc(O)c(C(=O)NCCc2ccccn2)c1. The van der Waals surface area contributed by atoms with E-state index >= 15 is 0 Å². The van der Waals surface area contributed by atoms with Gasteiger partial charge in [-0.1, -0.05) is 6.07 Å². The van der Waals surface area contributed by atoms with E-state index in [4.69, 9.17) is 4.74 Å². The molecule has 1 heterocycles. The molecular weight excluding hydrogens is 334 g/mol. The van der Waals surface area contributed by atoms with E-state index in [0.717, 1.165) is 5.69 Å². The lowest BCUT2D eigenvalue weighted by Gasteiger charge is -2.19. The van der Waals surface area contributed by atoms with Gasteiger partial charge < -0.3 is 15.2 Å². The number of hydrogen-bond donors (Lipinski definition) is 3. The van der Waals surface area contributed by atoms with Crippen molar-refractivity contribution in [1.29, 1.82) is 0 Å². The predicted octanol–water partition coefficient (Wildman–Crippen LogP) is 3.11. The Morgan fingerprint density at radius 2 is 1.96 bits per heavy atom. The van der Waals surface area contributed by atoms with Gasteiger partial charge in [0.25, 0.3) is 5.91 Å². The number of phenols is 1. The zero-order valence-electron chi connectivity index (χ0n) is 15.1. The third-order valence-corrected chi connectivity index (χ3v) is 3.28. The third-order valence-electron chi connectivity index (χ3n) is 3.28. The third kappa shape index (κ3) is 6.08. The quantitative estimate of drug-likeness (QED) is 0.714. The first kappa shape index (κ1) is 19.2. The normalized spacial score (nSPS) is 10.9. The summed E-state index contributed by atoms with van der Waals surface area (Å²) < 4.78 is 5.17. The van der Waals surface area contributed by atoms with Gasteiger partial charge in [-0.3, -0.25) is 15.1 Å². The van der Waals surface area contributed by atoms with Crippen LogP contribution in [-0.2, 0) is 11.2 Å². The minimum absolute atomic E-state index is 0.0691. The van der Waals surface area contributed by atoms with Crippen molar-refractivity contribution >= 4 is 17.7 Å². The molecule has 3 N–H and O–H groups in total. The first-order chi connectivity index (χ1) is 12.2. The van der Waals surface area contributed by atoms with Gasteiger partial charge in [-0.25, -0.2) is 4.79 Å². The number of ether oxygens (including phenoxy) is 1. The van der Waals surface area contributed by atoms with Gasteiger partial charge in [-0.15, -0.1) is 0 Å². The second-order valence-electron chi connectivity index (χ2n) is 6.69. The molecule has 0 spiro atoms. The predicted molar refractivity (Wildman–Crippen MR) is 98.2 cm³/mol. The summed E-state index contributed by atoms with van der Waals surface area (Å²) in [7, 11) is 0. The molecule has 0 bridgehead atoms. The first-order valence-electron chi connectivity index (χ1n) is 8.26. The number of phenolic OH excluding ortho intramolecular Hbond substituents is 1. The Labute approximate surface area is 152 Å². The van der Waals surface area contributed by atoms with Crippen molar-refractivity contribution in [1.82, 2.24) is 10.3 Å². The number of rotatable bonds is 5. The lowest BCUT2D eigenvalue weighted by molar-refractivity contribution is 0.0635. The highest BCUT2D eigenvalue weighted by molar-refractivity contribution is 5.98. The van der Waals surface area contributed by atoms with E-state index in [9.17, 15) is 14.7 Å². The summed E-state index contributed by atoms with van der Waals surface area (Å²) in [5.41, 5.74) is 0.649. The van der Waals surface area contributed by atoms with Crippen molar-refractivity contribution in [2.24, 2.45) is 0 Å². The van der Waals surface area contributed by atoms with Crippen LogP contribution in [0.15, 0.2) is 42.6 Å². The Morgan fingerprint density at radius 3 is 2.62 bits per heavy atom. The first-order valence-corrected chi connectivity index (χ1v) is 8.26. The summed E-state index contributed by atoms with van der Waals surface area (Å²) in [6.07, 6.45) is 1.63. The van der Waals surface area contributed by atoms with E-state index in [-0.39, 0.29) is 11.3 Å². The van der Waals surface area contributed by atoms with Crippen LogP contribution in [0, 0.1) is 0 Å². The maximum absolute atomic E-state index is 12.3. The average molecular weight is 357 g/mol. The molecule has 7 nitrogen and oxygen atoms in total. The zero-order chi connectivity index (χ0) is 19.2. The molecule has 138 valence electrons. The van der Waals surface area contributed by atoms with Crippen LogP contribution in [0.2, 0.25) is 0 Å². The van der Waals surface area contributed by atoms with E-state index in [1.165, 1.54) is 18.2 Å². The van der Waals surface area contributed by atoms with Crippen LogP contribution in [-0.4, -0.2) is 34.2 Å². The Hall–Kier alpha value is -3.09. The number of aromatic nitrogens is 1. The number of pyridine rings is 1. The Balaban J connectivity index is 1.97. The summed E-state index contributed by atoms with van der Waals surface area (Å²) in [4.78, 5) is 28.3. The molecule has 26 heavy (non-hydrogen) atoms. The Kier molecular flexibility index (Phi) is 6.16. The zero-order valence-corrected chi connectivity index (χ0v) is 15.1. The lowest BCUT2D eigenvalue weighted by atomic mass is 10.1. The number of anilines is 1. The molecule has 0 unspecified atom stereocenters. The summed E-state index contributed by atoms with van der Waals surface area (Å²) in [5.74, 6) is -0.610. The van der Waals surface area contributed by atoms with Crippen LogP contribution in [0.25, 0.3) is 0 Å². The molecule has 1 aromatic carbocycles. The minimum atomic E-state index is -0.635. The van der Waals surface area contributed by atoms with Crippen molar-refractivity contribution in [2.75, 3.05) is 11.9 Å². The van der Waals surface area contributed by atoms with Crippen LogP contribution in [0.5, 0.6) is 5.75 Å². The molecule has 0 fully saturated rings. The van der Waals surface area contributed by atoms with Crippen molar-refractivity contribution in [3.8, 4) is 5.75 Å². The maximum atomic E-state index is 12.3. The van der Waals surface area contributed by atoms with Gasteiger partial charge in [0.1, 0.15) is 11.4 Å². The van der Waals surface area contributed by atoms with E-state index in [1.54, 1.807) is 27.0 Å². The average Bonchev–Trinajstić information content (AvgIpc) is 2.55. The van der Waals surface area contributed by atoms with E-state index in [1.807, 2.05) is 18.2 Å².